The molecule has 0 amide bonds. The lowest BCUT2D eigenvalue weighted by molar-refractivity contribution is -0.137. The normalized spacial score (nSPS) is 11.4. The number of rotatable bonds is 6. The van der Waals surface area contributed by atoms with Crippen molar-refractivity contribution in [3.8, 4) is 17.6 Å². The van der Waals surface area contributed by atoms with Gasteiger partial charge in [-0.1, -0.05) is 39.0 Å². The van der Waals surface area contributed by atoms with Crippen molar-refractivity contribution in [2.45, 2.75) is 33.1 Å². The molecule has 6 nitrogen and oxygen atoms in total. The minimum Gasteiger partial charge on any atom is -0.493 e. The Morgan fingerprint density at radius 1 is 1.07 bits per heavy atom. The molecule has 0 aliphatic heterocycles. The van der Waals surface area contributed by atoms with Crippen LogP contribution in [0.3, 0.4) is 0 Å². The third-order valence-corrected chi connectivity index (χ3v) is 4.30. The van der Waals surface area contributed by atoms with Crippen LogP contribution in [-0.4, -0.2) is 25.7 Å². The van der Waals surface area contributed by atoms with Crippen molar-refractivity contribution in [2.75, 3.05) is 13.7 Å². The summed E-state index contributed by atoms with van der Waals surface area (Å²) in [6.45, 7) is 8.13. The summed E-state index contributed by atoms with van der Waals surface area (Å²) < 4.78 is 15.6. The molecule has 0 unspecified atom stereocenters. The van der Waals surface area contributed by atoms with Crippen LogP contribution >= 0.6 is 0 Å². The number of hydrogen-bond acceptors (Lipinski definition) is 6. The second-order valence-corrected chi connectivity index (χ2v) is 7.52. The minimum atomic E-state index is -0.701. The number of carbonyl (C=O) groups is 2. The molecule has 0 atom stereocenters. The van der Waals surface area contributed by atoms with E-state index < -0.39 is 11.9 Å². The largest absolute Gasteiger partial charge is 0.493 e. The van der Waals surface area contributed by atoms with Gasteiger partial charge in [0.2, 0.25) is 0 Å². The van der Waals surface area contributed by atoms with E-state index in [1.807, 2.05) is 18.2 Å². The lowest BCUT2D eigenvalue weighted by Gasteiger charge is -2.19. The molecule has 0 aromatic heterocycles. The van der Waals surface area contributed by atoms with E-state index in [2.05, 4.69) is 20.8 Å². The average Bonchev–Trinajstić information content (AvgIpc) is 2.72. The number of carbonyl (C=O) groups excluding carboxylic acids is 2. The molecule has 2 aromatic rings. The zero-order valence-corrected chi connectivity index (χ0v) is 17.8. The van der Waals surface area contributed by atoms with Gasteiger partial charge in [0.15, 0.2) is 11.5 Å². The molecule has 0 fully saturated rings. The molecule has 30 heavy (non-hydrogen) atoms. The number of benzene rings is 2. The maximum Gasteiger partial charge on any atom is 0.348 e. The van der Waals surface area contributed by atoms with Crippen LogP contribution in [0.5, 0.6) is 11.5 Å². The number of methoxy groups -OCH3 is 1. The molecule has 0 radical (unpaired) electrons. The Morgan fingerprint density at radius 2 is 1.73 bits per heavy atom. The summed E-state index contributed by atoms with van der Waals surface area (Å²) in [4.78, 5) is 24.3. The first-order chi connectivity index (χ1) is 14.2. The number of esters is 2. The van der Waals surface area contributed by atoms with Gasteiger partial charge in [-0.05, 0) is 53.8 Å². The van der Waals surface area contributed by atoms with Crippen LogP contribution in [0.4, 0.5) is 0 Å². The SMILES string of the molecule is CCOC(=O)/C(C#N)=C/c1ccc(OC(=O)c2ccc(C(C)(C)C)cc2)c(OC)c1. The molecule has 0 N–H and O–H groups in total. The van der Waals surface area contributed by atoms with Crippen molar-refractivity contribution >= 4 is 18.0 Å². The highest BCUT2D eigenvalue weighted by Crippen LogP contribution is 2.30. The van der Waals surface area contributed by atoms with Gasteiger partial charge >= 0.3 is 11.9 Å². The smallest absolute Gasteiger partial charge is 0.348 e. The molecule has 0 saturated carbocycles. The van der Waals surface area contributed by atoms with Gasteiger partial charge in [-0.2, -0.15) is 5.26 Å². The van der Waals surface area contributed by atoms with Gasteiger partial charge in [0.05, 0.1) is 19.3 Å². The third-order valence-electron chi connectivity index (χ3n) is 4.30. The third kappa shape index (κ3) is 5.71. The fraction of sp³-hybridized carbons (Fsp3) is 0.292. The standard InChI is InChI=1S/C24H25NO5/c1-6-29-22(26)18(15-25)13-16-7-12-20(21(14-16)28-5)30-23(27)17-8-10-19(11-9-17)24(2,3)4/h7-14H,6H2,1-5H3/b18-13+. The molecule has 0 bridgehead atoms. The fourth-order valence-corrected chi connectivity index (χ4v) is 2.64. The first-order valence-corrected chi connectivity index (χ1v) is 9.49. The molecule has 0 aliphatic rings. The lowest BCUT2D eigenvalue weighted by atomic mass is 9.87. The zero-order chi connectivity index (χ0) is 22.3. The van der Waals surface area contributed by atoms with Crippen LogP contribution < -0.4 is 9.47 Å². The van der Waals surface area contributed by atoms with Crippen molar-refractivity contribution < 1.29 is 23.8 Å². The molecule has 0 aliphatic carbocycles. The molecule has 2 rings (SSSR count). The van der Waals surface area contributed by atoms with Crippen LogP contribution in [0.15, 0.2) is 48.0 Å². The molecule has 156 valence electrons. The summed E-state index contributed by atoms with van der Waals surface area (Å²) in [5.41, 5.74) is 1.92. The maximum atomic E-state index is 12.5. The van der Waals surface area contributed by atoms with E-state index in [1.165, 1.54) is 13.2 Å². The van der Waals surface area contributed by atoms with Crippen LogP contribution in [-0.2, 0) is 14.9 Å². The molecule has 0 saturated heterocycles. The molecular weight excluding hydrogens is 382 g/mol. The van der Waals surface area contributed by atoms with Gasteiger partial charge < -0.3 is 14.2 Å². The summed E-state index contributed by atoms with van der Waals surface area (Å²) in [7, 11) is 1.44. The van der Waals surface area contributed by atoms with E-state index in [9.17, 15) is 9.59 Å². The molecule has 0 spiro atoms. The predicted octanol–water partition coefficient (Wildman–Crippen LogP) is 4.68. The van der Waals surface area contributed by atoms with Crippen molar-refractivity contribution in [3.05, 3.63) is 64.7 Å². The molecular formula is C24H25NO5. The molecule has 0 heterocycles. The van der Waals surface area contributed by atoms with Crippen molar-refractivity contribution in [1.82, 2.24) is 0 Å². The minimum absolute atomic E-state index is 0.0131. The van der Waals surface area contributed by atoms with Gasteiger partial charge in [-0.25, -0.2) is 9.59 Å². The Labute approximate surface area is 176 Å². The van der Waals surface area contributed by atoms with Gasteiger partial charge in [-0.15, -0.1) is 0 Å². The fourth-order valence-electron chi connectivity index (χ4n) is 2.64. The number of ether oxygens (including phenoxy) is 3. The zero-order valence-electron chi connectivity index (χ0n) is 17.8. The van der Waals surface area contributed by atoms with Crippen molar-refractivity contribution in [1.29, 1.82) is 5.26 Å². The quantitative estimate of drug-likeness (QED) is 0.299. The van der Waals surface area contributed by atoms with Crippen LogP contribution in [0, 0.1) is 11.3 Å². The highest BCUT2D eigenvalue weighted by atomic mass is 16.6. The first-order valence-electron chi connectivity index (χ1n) is 9.49. The average molecular weight is 407 g/mol. The summed E-state index contributed by atoms with van der Waals surface area (Å²) in [6.07, 6.45) is 1.39. The van der Waals surface area contributed by atoms with E-state index in [-0.39, 0.29) is 23.3 Å². The highest BCUT2D eigenvalue weighted by molar-refractivity contribution is 5.98. The molecule has 6 heteroatoms. The van der Waals surface area contributed by atoms with E-state index in [4.69, 9.17) is 19.5 Å². The first kappa shape index (κ1) is 22.7. The lowest BCUT2D eigenvalue weighted by Crippen LogP contribution is -2.13. The second-order valence-electron chi connectivity index (χ2n) is 7.52. The van der Waals surface area contributed by atoms with E-state index >= 15 is 0 Å². The van der Waals surface area contributed by atoms with Crippen molar-refractivity contribution in [2.24, 2.45) is 0 Å². The van der Waals surface area contributed by atoms with E-state index in [1.54, 1.807) is 37.3 Å². The van der Waals surface area contributed by atoms with Crippen LogP contribution in [0.2, 0.25) is 0 Å². The highest BCUT2D eigenvalue weighted by Gasteiger charge is 2.17. The topological polar surface area (TPSA) is 85.6 Å². The van der Waals surface area contributed by atoms with Gasteiger partial charge in [-0.3, -0.25) is 0 Å². The van der Waals surface area contributed by atoms with Gasteiger partial charge in [0.1, 0.15) is 11.6 Å². The second kappa shape index (κ2) is 9.75. The number of nitrogens with zero attached hydrogens (tertiary/aromatic N) is 1. The van der Waals surface area contributed by atoms with Crippen LogP contribution in [0.1, 0.15) is 49.2 Å². The maximum absolute atomic E-state index is 12.5. The Morgan fingerprint density at radius 3 is 2.27 bits per heavy atom. The summed E-state index contributed by atoms with van der Waals surface area (Å²) >= 11 is 0. The Hall–Kier alpha value is -3.59. The summed E-state index contributed by atoms with van der Waals surface area (Å²) in [6, 6.07) is 13.8. The summed E-state index contributed by atoms with van der Waals surface area (Å²) in [5, 5.41) is 9.16. The number of hydrogen-bond donors (Lipinski definition) is 0. The van der Waals surface area contributed by atoms with Crippen molar-refractivity contribution in [3.63, 3.8) is 0 Å². The Kier molecular flexibility index (Phi) is 7.38. The van der Waals surface area contributed by atoms with E-state index in [0.29, 0.717) is 16.9 Å². The predicted molar refractivity (Wildman–Crippen MR) is 113 cm³/mol. The van der Waals surface area contributed by atoms with Gasteiger partial charge in [0, 0.05) is 0 Å². The molecule has 2 aromatic carbocycles. The Bertz CT molecular complexity index is 992. The monoisotopic (exact) mass is 407 g/mol. The summed E-state index contributed by atoms with van der Waals surface area (Å²) in [5.74, 6) is -0.687. The van der Waals surface area contributed by atoms with Gasteiger partial charge in [0.25, 0.3) is 0 Å². The van der Waals surface area contributed by atoms with E-state index in [0.717, 1.165) is 5.56 Å². The number of nitriles is 1. The Balaban J connectivity index is 2.24. The van der Waals surface area contributed by atoms with Crippen LogP contribution in [0.25, 0.3) is 6.08 Å².